The Hall–Kier alpha value is -3.25. The molecule has 6 heteroatoms. The van der Waals surface area contributed by atoms with Gasteiger partial charge in [-0.15, -0.1) is 0 Å². The molecule has 3 rings (SSSR count). The summed E-state index contributed by atoms with van der Waals surface area (Å²) in [6, 6.07) is 16.7. The third-order valence-corrected chi connectivity index (χ3v) is 3.77. The molecular formula is C19H18N4O2. The van der Waals surface area contributed by atoms with Crippen molar-refractivity contribution in [2.24, 2.45) is 5.73 Å². The van der Waals surface area contributed by atoms with Gasteiger partial charge in [0.25, 0.3) is 0 Å². The maximum Gasteiger partial charge on any atom is 0.313 e. The molecule has 0 radical (unpaired) electrons. The summed E-state index contributed by atoms with van der Waals surface area (Å²) in [6.07, 6.45) is 1.64. The van der Waals surface area contributed by atoms with Gasteiger partial charge in [0.2, 0.25) is 0 Å². The Morgan fingerprint density at radius 3 is 2.56 bits per heavy atom. The molecule has 0 saturated heterocycles. The first-order chi connectivity index (χ1) is 12.2. The van der Waals surface area contributed by atoms with E-state index in [0.29, 0.717) is 17.7 Å². The van der Waals surface area contributed by atoms with Crippen LogP contribution in [-0.2, 0) is 22.7 Å². The predicted molar refractivity (Wildman–Crippen MR) is 96.6 cm³/mol. The molecule has 0 bridgehead atoms. The van der Waals surface area contributed by atoms with Crippen LogP contribution >= 0.6 is 0 Å². The van der Waals surface area contributed by atoms with Crippen molar-refractivity contribution in [3.05, 3.63) is 71.9 Å². The predicted octanol–water partition coefficient (Wildman–Crippen LogP) is 1.95. The van der Waals surface area contributed by atoms with E-state index >= 15 is 0 Å². The van der Waals surface area contributed by atoms with Crippen molar-refractivity contribution in [3.63, 3.8) is 0 Å². The van der Waals surface area contributed by atoms with E-state index in [1.165, 1.54) is 0 Å². The number of aromatic nitrogens is 1. The second-order valence-corrected chi connectivity index (χ2v) is 5.54. The van der Waals surface area contributed by atoms with Gasteiger partial charge in [0.1, 0.15) is 0 Å². The lowest BCUT2D eigenvalue weighted by molar-refractivity contribution is -0.136. The summed E-state index contributed by atoms with van der Waals surface area (Å²) < 4.78 is 0. The van der Waals surface area contributed by atoms with Gasteiger partial charge in [-0.1, -0.05) is 42.5 Å². The quantitative estimate of drug-likeness (QED) is 0.635. The number of rotatable bonds is 4. The highest BCUT2D eigenvalue weighted by Gasteiger charge is 2.15. The van der Waals surface area contributed by atoms with Crippen LogP contribution in [-0.4, -0.2) is 16.8 Å². The van der Waals surface area contributed by atoms with E-state index in [1.54, 1.807) is 18.3 Å². The van der Waals surface area contributed by atoms with Gasteiger partial charge in [-0.25, -0.2) is 0 Å². The van der Waals surface area contributed by atoms with Crippen LogP contribution in [0.3, 0.4) is 0 Å². The Kier molecular flexibility index (Phi) is 5.01. The minimum absolute atomic E-state index is 0.258. The number of nitrogens with zero attached hydrogens (tertiary/aromatic N) is 1. The summed E-state index contributed by atoms with van der Waals surface area (Å²) in [5, 5.41) is 6.10. The molecule has 126 valence electrons. The van der Waals surface area contributed by atoms with E-state index in [1.807, 2.05) is 42.5 Å². The third kappa shape index (κ3) is 3.99. The number of carbonyl (C=O) groups is 2. The Balaban J connectivity index is 1.65. The minimum Gasteiger partial charge on any atom is -0.344 e. The molecule has 0 aliphatic rings. The zero-order valence-corrected chi connectivity index (χ0v) is 13.5. The maximum absolute atomic E-state index is 12.1. The molecule has 6 nitrogen and oxygen atoms in total. The smallest absolute Gasteiger partial charge is 0.313 e. The lowest BCUT2D eigenvalue weighted by Crippen LogP contribution is -2.35. The van der Waals surface area contributed by atoms with Crippen molar-refractivity contribution in [3.8, 4) is 0 Å². The van der Waals surface area contributed by atoms with Crippen LogP contribution in [0.15, 0.2) is 60.8 Å². The van der Waals surface area contributed by atoms with Crippen LogP contribution in [0.4, 0.5) is 5.69 Å². The summed E-state index contributed by atoms with van der Waals surface area (Å²) in [6.45, 7) is 0.685. The number of nitrogens with one attached hydrogen (secondary N) is 2. The SMILES string of the molecule is NCc1cccc(CNC(=O)C(=O)Nc2cccc3cccnc23)c1. The lowest BCUT2D eigenvalue weighted by atomic mass is 10.1. The average Bonchev–Trinajstić information content (AvgIpc) is 2.66. The molecule has 0 fully saturated rings. The fraction of sp³-hybridized carbons (Fsp3) is 0.105. The fourth-order valence-corrected chi connectivity index (χ4v) is 2.51. The number of pyridine rings is 1. The lowest BCUT2D eigenvalue weighted by Gasteiger charge is -2.09. The normalized spacial score (nSPS) is 10.4. The molecule has 25 heavy (non-hydrogen) atoms. The summed E-state index contributed by atoms with van der Waals surface area (Å²) in [5.41, 5.74) is 8.60. The number of hydrogen-bond acceptors (Lipinski definition) is 4. The number of para-hydroxylation sites is 1. The summed E-state index contributed by atoms with van der Waals surface area (Å²) in [7, 11) is 0. The van der Waals surface area contributed by atoms with Crippen molar-refractivity contribution in [2.45, 2.75) is 13.1 Å². The topological polar surface area (TPSA) is 97.1 Å². The molecule has 0 aliphatic carbocycles. The first kappa shape index (κ1) is 16.6. The molecule has 1 aromatic heterocycles. The van der Waals surface area contributed by atoms with Crippen molar-refractivity contribution < 1.29 is 9.59 Å². The van der Waals surface area contributed by atoms with Crippen LogP contribution < -0.4 is 16.4 Å². The summed E-state index contributed by atoms with van der Waals surface area (Å²) in [5.74, 6) is -1.43. The van der Waals surface area contributed by atoms with Gasteiger partial charge in [0.15, 0.2) is 0 Å². The molecule has 0 aliphatic heterocycles. The second-order valence-electron chi connectivity index (χ2n) is 5.54. The van der Waals surface area contributed by atoms with Crippen molar-refractivity contribution in [2.75, 3.05) is 5.32 Å². The highest BCUT2D eigenvalue weighted by atomic mass is 16.2. The van der Waals surface area contributed by atoms with Gasteiger partial charge in [0.05, 0.1) is 11.2 Å². The Bertz CT molecular complexity index is 919. The monoisotopic (exact) mass is 334 g/mol. The van der Waals surface area contributed by atoms with Crippen molar-refractivity contribution >= 4 is 28.4 Å². The van der Waals surface area contributed by atoms with E-state index in [4.69, 9.17) is 5.73 Å². The number of fused-ring (bicyclic) bond motifs is 1. The zero-order valence-electron chi connectivity index (χ0n) is 13.5. The van der Waals surface area contributed by atoms with Gasteiger partial charge in [-0.3, -0.25) is 14.6 Å². The van der Waals surface area contributed by atoms with E-state index in [2.05, 4.69) is 15.6 Å². The van der Waals surface area contributed by atoms with Gasteiger partial charge in [-0.05, 0) is 23.3 Å². The molecule has 0 spiro atoms. The largest absolute Gasteiger partial charge is 0.344 e. The average molecular weight is 334 g/mol. The van der Waals surface area contributed by atoms with Crippen LogP contribution in [0.5, 0.6) is 0 Å². The molecular weight excluding hydrogens is 316 g/mol. The summed E-state index contributed by atoms with van der Waals surface area (Å²) in [4.78, 5) is 28.4. The first-order valence-electron chi connectivity index (χ1n) is 7.88. The number of anilines is 1. The highest BCUT2D eigenvalue weighted by molar-refractivity contribution is 6.40. The van der Waals surface area contributed by atoms with E-state index in [9.17, 15) is 9.59 Å². The second kappa shape index (κ2) is 7.55. The molecule has 0 unspecified atom stereocenters. The van der Waals surface area contributed by atoms with E-state index in [-0.39, 0.29) is 6.54 Å². The van der Waals surface area contributed by atoms with E-state index < -0.39 is 11.8 Å². The molecule has 0 atom stereocenters. The molecule has 1 heterocycles. The number of carbonyl (C=O) groups excluding carboxylic acids is 2. The minimum atomic E-state index is -0.729. The van der Waals surface area contributed by atoms with Crippen molar-refractivity contribution in [1.29, 1.82) is 0 Å². The Morgan fingerprint density at radius 2 is 1.72 bits per heavy atom. The van der Waals surface area contributed by atoms with Crippen LogP contribution in [0.1, 0.15) is 11.1 Å². The molecule has 2 amide bonds. The summed E-state index contributed by atoms with van der Waals surface area (Å²) >= 11 is 0. The highest BCUT2D eigenvalue weighted by Crippen LogP contribution is 2.20. The van der Waals surface area contributed by atoms with Crippen LogP contribution in [0, 0.1) is 0 Å². The standard InChI is InChI=1S/C19H18N4O2/c20-11-13-4-1-5-14(10-13)12-22-18(24)19(25)23-16-8-2-6-15-7-3-9-21-17(15)16/h1-10H,11-12,20H2,(H,22,24)(H,23,25). The van der Waals surface area contributed by atoms with Gasteiger partial charge in [0, 0.05) is 24.7 Å². The zero-order chi connectivity index (χ0) is 17.6. The Labute approximate surface area is 145 Å². The van der Waals surface area contributed by atoms with Gasteiger partial charge in [-0.2, -0.15) is 0 Å². The Morgan fingerprint density at radius 1 is 0.960 bits per heavy atom. The molecule has 3 aromatic rings. The maximum atomic E-state index is 12.1. The number of hydrogen-bond donors (Lipinski definition) is 3. The molecule has 4 N–H and O–H groups in total. The first-order valence-corrected chi connectivity index (χ1v) is 7.88. The third-order valence-electron chi connectivity index (χ3n) is 3.77. The number of amides is 2. The van der Waals surface area contributed by atoms with E-state index in [0.717, 1.165) is 16.5 Å². The fourth-order valence-electron chi connectivity index (χ4n) is 2.51. The van der Waals surface area contributed by atoms with Gasteiger partial charge >= 0.3 is 11.8 Å². The number of benzene rings is 2. The van der Waals surface area contributed by atoms with Crippen LogP contribution in [0.25, 0.3) is 10.9 Å². The van der Waals surface area contributed by atoms with Crippen molar-refractivity contribution in [1.82, 2.24) is 10.3 Å². The van der Waals surface area contributed by atoms with Crippen LogP contribution in [0.2, 0.25) is 0 Å². The van der Waals surface area contributed by atoms with Gasteiger partial charge < -0.3 is 16.4 Å². The molecule has 0 saturated carbocycles. The molecule has 2 aromatic carbocycles. The number of nitrogens with two attached hydrogens (primary N) is 1.